The average Bonchev–Trinajstić information content (AvgIpc) is 2.85. The Balaban J connectivity index is 1.93. The summed E-state index contributed by atoms with van der Waals surface area (Å²) < 4.78 is 8.13. The lowest BCUT2D eigenvalue weighted by Crippen LogP contribution is -2.46. The number of rotatable bonds is 6. The summed E-state index contributed by atoms with van der Waals surface area (Å²) in [6.07, 6.45) is 4.45. The van der Waals surface area contributed by atoms with Crippen LogP contribution in [0.15, 0.2) is 6.07 Å². The van der Waals surface area contributed by atoms with Crippen molar-refractivity contribution in [1.82, 2.24) is 15.1 Å². The SMILES string of the molecule is CCn1nc(C)cc1CNC1CCOC(CC)(CC)C1. The van der Waals surface area contributed by atoms with Gasteiger partial charge >= 0.3 is 0 Å². The van der Waals surface area contributed by atoms with E-state index in [9.17, 15) is 0 Å². The van der Waals surface area contributed by atoms with Crippen molar-refractivity contribution >= 4 is 0 Å². The molecular formula is C16H29N3O. The maximum atomic E-state index is 6.04. The molecule has 1 atom stereocenters. The van der Waals surface area contributed by atoms with Crippen molar-refractivity contribution in [3.8, 4) is 0 Å². The van der Waals surface area contributed by atoms with Gasteiger partial charge in [0.25, 0.3) is 0 Å². The van der Waals surface area contributed by atoms with Crippen LogP contribution < -0.4 is 5.32 Å². The lowest BCUT2D eigenvalue weighted by atomic mass is 9.86. The van der Waals surface area contributed by atoms with Gasteiger partial charge in [-0.15, -0.1) is 0 Å². The number of nitrogens with zero attached hydrogens (tertiary/aromatic N) is 2. The Labute approximate surface area is 122 Å². The van der Waals surface area contributed by atoms with Crippen LogP contribution >= 0.6 is 0 Å². The molecule has 1 aliphatic heterocycles. The lowest BCUT2D eigenvalue weighted by Gasteiger charge is -2.40. The number of aryl methyl sites for hydroxylation is 2. The van der Waals surface area contributed by atoms with Crippen LogP contribution in [-0.4, -0.2) is 28.0 Å². The molecule has 4 nitrogen and oxygen atoms in total. The van der Waals surface area contributed by atoms with Crippen molar-refractivity contribution < 1.29 is 4.74 Å². The molecule has 1 aromatic rings. The van der Waals surface area contributed by atoms with Crippen molar-refractivity contribution in [3.63, 3.8) is 0 Å². The topological polar surface area (TPSA) is 39.1 Å². The highest BCUT2D eigenvalue weighted by molar-refractivity contribution is 5.09. The van der Waals surface area contributed by atoms with Gasteiger partial charge < -0.3 is 10.1 Å². The zero-order chi connectivity index (χ0) is 14.6. The lowest BCUT2D eigenvalue weighted by molar-refractivity contribution is -0.0932. The molecule has 20 heavy (non-hydrogen) atoms. The Morgan fingerprint density at radius 2 is 2.15 bits per heavy atom. The normalized spacial score (nSPS) is 22.1. The van der Waals surface area contributed by atoms with E-state index in [4.69, 9.17) is 4.74 Å². The Morgan fingerprint density at radius 3 is 2.80 bits per heavy atom. The molecule has 114 valence electrons. The predicted octanol–water partition coefficient (Wildman–Crippen LogP) is 3.04. The highest BCUT2D eigenvalue weighted by Crippen LogP contribution is 2.31. The highest BCUT2D eigenvalue weighted by Gasteiger charge is 2.34. The van der Waals surface area contributed by atoms with Crippen LogP contribution in [0.25, 0.3) is 0 Å². The minimum atomic E-state index is 0.0941. The first-order valence-corrected chi connectivity index (χ1v) is 8.03. The molecule has 4 heteroatoms. The van der Waals surface area contributed by atoms with Crippen LogP contribution in [-0.2, 0) is 17.8 Å². The predicted molar refractivity (Wildman–Crippen MR) is 81.8 cm³/mol. The van der Waals surface area contributed by atoms with E-state index in [2.05, 4.69) is 48.9 Å². The van der Waals surface area contributed by atoms with E-state index >= 15 is 0 Å². The van der Waals surface area contributed by atoms with E-state index in [1.807, 2.05) is 0 Å². The smallest absolute Gasteiger partial charge is 0.0692 e. The van der Waals surface area contributed by atoms with Crippen LogP contribution in [0.1, 0.15) is 57.8 Å². The van der Waals surface area contributed by atoms with Gasteiger partial charge in [-0.1, -0.05) is 13.8 Å². The maximum Gasteiger partial charge on any atom is 0.0692 e. The van der Waals surface area contributed by atoms with Gasteiger partial charge in [0.1, 0.15) is 0 Å². The zero-order valence-corrected chi connectivity index (χ0v) is 13.4. The molecular weight excluding hydrogens is 250 g/mol. The summed E-state index contributed by atoms with van der Waals surface area (Å²) in [5, 5.41) is 8.21. The van der Waals surface area contributed by atoms with E-state index in [1.165, 1.54) is 5.69 Å². The number of nitrogens with one attached hydrogen (secondary N) is 1. The Kier molecular flexibility index (Phi) is 5.22. The van der Waals surface area contributed by atoms with E-state index < -0.39 is 0 Å². The van der Waals surface area contributed by atoms with E-state index in [-0.39, 0.29) is 5.60 Å². The third kappa shape index (κ3) is 3.41. The molecule has 2 rings (SSSR count). The molecule has 1 fully saturated rings. The second-order valence-corrected chi connectivity index (χ2v) is 5.90. The number of aromatic nitrogens is 2. The van der Waals surface area contributed by atoms with E-state index in [0.717, 1.165) is 51.1 Å². The molecule has 1 aliphatic rings. The molecule has 1 saturated heterocycles. The minimum absolute atomic E-state index is 0.0941. The molecule has 0 amide bonds. The van der Waals surface area contributed by atoms with Crippen molar-refractivity contribution in [1.29, 1.82) is 0 Å². The van der Waals surface area contributed by atoms with Crippen LogP contribution in [0, 0.1) is 6.92 Å². The molecule has 1 N–H and O–H groups in total. The second kappa shape index (κ2) is 6.72. The quantitative estimate of drug-likeness (QED) is 0.870. The first-order valence-electron chi connectivity index (χ1n) is 8.03. The number of ether oxygens (including phenoxy) is 1. The van der Waals surface area contributed by atoms with Crippen molar-refractivity contribution in [2.75, 3.05) is 6.61 Å². The molecule has 0 spiro atoms. The standard InChI is InChI=1S/C16H29N3O/c1-5-16(6-2)11-14(8-9-20-16)17-12-15-10-13(4)18-19(15)7-3/h10,14,17H,5-9,11-12H2,1-4H3. The third-order valence-electron chi connectivity index (χ3n) is 4.64. The van der Waals surface area contributed by atoms with Gasteiger partial charge in [0, 0.05) is 25.7 Å². The fraction of sp³-hybridized carbons (Fsp3) is 0.812. The van der Waals surface area contributed by atoms with Gasteiger partial charge in [0.05, 0.1) is 17.0 Å². The molecule has 1 unspecified atom stereocenters. The minimum Gasteiger partial charge on any atom is -0.375 e. The van der Waals surface area contributed by atoms with Crippen LogP contribution in [0.4, 0.5) is 0 Å². The van der Waals surface area contributed by atoms with Gasteiger partial charge in [-0.25, -0.2) is 0 Å². The molecule has 1 aromatic heterocycles. The second-order valence-electron chi connectivity index (χ2n) is 5.90. The van der Waals surface area contributed by atoms with Crippen LogP contribution in [0.5, 0.6) is 0 Å². The molecule has 2 heterocycles. The zero-order valence-electron chi connectivity index (χ0n) is 13.4. The Bertz CT molecular complexity index is 423. The van der Waals surface area contributed by atoms with Crippen molar-refractivity contribution in [2.45, 2.75) is 78.1 Å². The summed E-state index contributed by atoms with van der Waals surface area (Å²) in [5.41, 5.74) is 2.48. The monoisotopic (exact) mass is 279 g/mol. The molecule has 0 radical (unpaired) electrons. The third-order valence-corrected chi connectivity index (χ3v) is 4.64. The summed E-state index contributed by atoms with van der Waals surface area (Å²) in [6.45, 7) is 11.4. The fourth-order valence-electron chi connectivity index (χ4n) is 3.21. The van der Waals surface area contributed by atoms with Gasteiger partial charge in [-0.3, -0.25) is 4.68 Å². The number of hydrogen-bond acceptors (Lipinski definition) is 3. The highest BCUT2D eigenvalue weighted by atomic mass is 16.5. The Morgan fingerprint density at radius 1 is 1.40 bits per heavy atom. The van der Waals surface area contributed by atoms with Crippen molar-refractivity contribution in [3.05, 3.63) is 17.5 Å². The van der Waals surface area contributed by atoms with Gasteiger partial charge in [0.15, 0.2) is 0 Å². The fourth-order valence-corrected chi connectivity index (χ4v) is 3.21. The van der Waals surface area contributed by atoms with Gasteiger partial charge in [-0.2, -0.15) is 5.10 Å². The number of hydrogen-bond donors (Lipinski definition) is 1. The van der Waals surface area contributed by atoms with E-state index in [0.29, 0.717) is 6.04 Å². The van der Waals surface area contributed by atoms with E-state index in [1.54, 1.807) is 0 Å². The summed E-state index contributed by atoms with van der Waals surface area (Å²) in [5.74, 6) is 0. The largest absolute Gasteiger partial charge is 0.375 e. The average molecular weight is 279 g/mol. The van der Waals surface area contributed by atoms with Gasteiger partial charge in [0.2, 0.25) is 0 Å². The van der Waals surface area contributed by atoms with Crippen molar-refractivity contribution in [2.24, 2.45) is 0 Å². The Hall–Kier alpha value is -0.870. The van der Waals surface area contributed by atoms with Gasteiger partial charge in [-0.05, 0) is 45.6 Å². The first-order chi connectivity index (χ1) is 9.62. The molecule has 0 bridgehead atoms. The van der Waals surface area contributed by atoms with Crippen LogP contribution in [0.3, 0.4) is 0 Å². The summed E-state index contributed by atoms with van der Waals surface area (Å²) in [4.78, 5) is 0. The van der Waals surface area contributed by atoms with Crippen LogP contribution in [0.2, 0.25) is 0 Å². The first kappa shape index (κ1) is 15.5. The molecule has 0 aliphatic carbocycles. The molecule has 0 aromatic carbocycles. The molecule has 0 saturated carbocycles. The summed E-state index contributed by atoms with van der Waals surface area (Å²) in [6, 6.07) is 2.74. The maximum absolute atomic E-state index is 6.04. The summed E-state index contributed by atoms with van der Waals surface area (Å²) in [7, 11) is 0. The summed E-state index contributed by atoms with van der Waals surface area (Å²) >= 11 is 0.